The molecule has 1 aromatic carbocycles. The zero-order valence-electron chi connectivity index (χ0n) is 11.0. The van der Waals surface area contributed by atoms with E-state index in [2.05, 4.69) is 19.2 Å². The molecular formula is C13H21ClN2OS. The van der Waals surface area contributed by atoms with Gasteiger partial charge in [0.1, 0.15) is 0 Å². The zero-order chi connectivity index (χ0) is 12.8. The van der Waals surface area contributed by atoms with Crippen molar-refractivity contribution in [1.29, 1.82) is 0 Å². The van der Waals surface area contributed by atoms with Gasteiger partial charge in [-0.1, -0.05) is 13.8 Å². The minimum atomic E-state index is -0.0657. The lowest BCUT2D eigenvalue weighted by Crippen LogP contribution is -2.37. The van der Waals surface area contributed by atoms with E-state index in [1.807, 2.05) is 31.2 Å². The van der Waals surface area contributed by atoms with Gasteiger partial charge in [0.05, 0.1) is 0 Å². The van der Waals surface area contributed by atoms with Crippen molar-refractivity contribution < 1.29 is 4.79 Å². The van der Waals surface area contributed by atoms with Crippen molar-refractivity contribution in [2.24, 2.45) is 5.73 Å². The van der Waals surface area contributed by atoms with Gasteiger partial charge in [-0.25, -0.2) is 0 Å². The highest BCUT2D eigenvalue weighted by Crippen LogP contribution is 2.22. The number of amides is 1. The Bertz CT molecular complexity index is 368. The van der Waals surface area contributed by atoms with Crippen LogP contribution in [0.25, 0.3) is 0 Å². The van der Waals surface area contributed by atoms with Crippen LogP contribution in [-0.2, 0) is 0 Å². The standard InChI is InChI=1S/C13H20N2OS.ClH/c1-9(2)17-12-6-4-11(5-7-12)13(16)15-10(3)8-14;/h4-7,9-10H,8,14H2,1-3H3,(H,15,16);1H/t10-;/m0./s1. The maximum atomic E-state index is 11.8. The number of carbonyl (C=O) groups excluding carboxylic acids is 1. The molecule has 5 heteroatoms. The highest BCUT2D eigenvalue weighted by Gasteiger charge is 2.08. The summed E-state index contributed by atoms with van der Waals surface area (Å²) in [5, 5.41) is 3.38. The van der Waals surface area contributed by atoms with Crippen LogP contribution >= 0.6 is 24.2 Å². The topological polar surface area (TPSA) is 55.1 Å². The lowest BCUT2D eigenvalue weighted by atomic mass is 10.2. The van der Waals surface area contributed by atoms with Crippen molar-refractivity contribution in [1.82, 2.24) is 5.32 Å². The second-order valence-electron chi connectivity index (χ2n) is 4.30. The summed E-state index contributed by atoms with van der Waals surface area (Å²) in [6.07, 6.45) is 0. The Morgan fingerprint density at radius 2 is 1.83 bits per heavy atom. The molecule has 0 bridgehead atoms. The monoisotopic (exact) mass is 288 g/mol. The van der Waals surface area contributed by atoms with E-state index in [-0.39, 0.29) is 24.4 Å². The molecule has 0 unspecified atom stereocenters. The van der Waals surface area contributed by atoms with E-state index in [4.69, 9.17) is 5.73 Å². The number of hydrogen-bond donors (Lipinski definition) is 2. The lowest BCUT2D eigenvalue weighted by Gasteiger charge is -2.11. The zero-order valence-corrected chi connectivity index (χ0v) is 12.6. The molecule has 0 saturated carbocycles. The molecule has 0 aliphatic carbocycles. The summed E-state index contributed by atoms with van der Waals surface area (Å²) in [6.45, 7) is 6.64. The Morgan fingerprint density at radius 1 is 1.28 bits per heavy atom. The minimum Gasteiger partial charge on any atom is -0.348 e. The van der Waals surface area contributed by atoms with Crippen LogP contribution in [-0.4, -0.2) is 23.7 Å². The minimum absolute atomic E-state index is 0. The van der Waals surface area contributed by atoms with Crippen molar-refractivity contribution in [2.45, 2.75) is 37.0 Å². The molecule has 102 valence electrons. The maximum Gasteiger partial charge on any atom is 0.251 e. The van der Waals surface area contributed by atoms with Crippen molar-refractivity contribution in [2.75, 3.05) is 6.54 Å². The molecule has 0 aromatic heterocycles. The van der Waals surface area contributed by atoms with Gasteiger partial charge in [0.25, 0.3) is 5.91 Å². The SMILES string of the molecule is CC(C)Sc1ccc(C(=O)N[C@@H](C)CN)cc1.Cl. The number of hydrogen-bond acceptors (Lipinski definition) is 3. The normalized spacial score (nSPS) is 11.8. The smallest absolute Gasteiger partial charge is 0.251 e. The third kappa shape index (κ3) is 5.76. The van der Waals surface area contributed by atoms with Crippen LogP contribution < -0.4 is 11.1 Å². The summed E-state index contributed by atoms with van der Waals surface area (Å²) < 4.78 is 0. The number of halogens is 1. The van der Waals surface area contributed by atoms with Gasteiger partial charge in [-0.3, -0.25) is 4.79 Å². The first-order valence-corrected chi connectivity index (χ1v) is 6.68. The first-order chi connectivity index (χ1) is 8.02. The van der Waals surface area contributed by atoms with E-state index >= 15 is 0 Å². The van der Waals surface area contributed by atoms with E-state index < -0.39 is 0 Å². The van der Waals surface area contributed by atoms with Crippen molar-refractivity contribution >= 4 is 30.1 Å². The molecule has 1 amide bonds. The molecule has 1 rings (SSSR count). The molecule has 0 saturated heterocycles. The van der Waals surface area contributed by atoms with Crippen molar-refractivity contribution in [3.8, 4) is 0 Å². The van der Waals surface area contributed by atoms with Crippen LogP contribution in [0.2, 0.25) is 0 Å². The first-order valence-electron chi connectivity index (χ1n) is 5.80. The van der Waals surface area contributed by atoms with Crippen LogP contribution in [0.5, 0.6) is 0 Å². The third-order valence-corrected chi connectivity index (χ3v) is 3.24. The highest BCUT2D eigenvalue weighted by atomic mass is 35.5. The average Bonchev–Trinajstić information content (AvgIpc) is 2.28. The second kappa shape index (κ2) is 8.40. The molecule has 0 spiro atoms. The van der Waals surface area contributed by atoms with Crippen LogP contribution in [0.4, 0.5) is 0 Å². The van der Waals surface area contributed by atoms with E-state index in [1.54, 1.807) is 11.8 Å². The quantitative estimate of drug-likeness (QED) is 0.819. The Hall–Kier alpha value is -0.710. The number of nitrogens with one attached hydrogen (secondary N) is 1. The highest BCUT2D eigenvalue weighted by molar-refractivity contribution is 7.99. The fourth-order valence-electron chi connectivity index (χ4n) is 1.32. The molecule has 1 atom stereocenters. The summed E-state index contributed by atoms with van der Waals surface area (Å²) in [7, 11) is 0. The van der Waals surface area contributed by atoms with Gasteiger partial charge in [0.15, 0.2) is 0 Å². The summed E-state index contributed by atoms with van der Waals surface area (Å²) in [6, 6.07) is 7.67. The molecule has 0 radical (unpaired) electrons. The number of carbonyl (C=O) groups is 1. The van der Waals surface area contributed by atoms with E-state index in [0.717, 1.165) is 0 Å². The van der Waals surface area contributed by atoms with E-state index in [9.17, 15) is 4.79 Å². The molecule has 0 fully saturated rings. The molecule has 3 nitrogen and oxygen atoms in total. The van der Waals surface area contributed by atoms with Gasteiger partial charge in [0, 0.05) is 28.3 Å². The van der Waals surface area contributed by atoms with Crippen molar-refractivity contribution in [3.05, 3.63) is 29.8 Å². The van der Waals surface area contributed by atoms with Gasteiger partial charge in [-0.15, -0.1) is 24.2 Å². The molecular weight excluding hydrogens is 268 g/mol. The number of benzene rings is 1. The second-order valence-corrected chi connectivity index (χ2v) is 5.95. The van der Waals surface area contributed by atoms with Gasteiger partial charge in [-0.05, 0) is 31.2 Å². The molecule has 0 heterocycles. The van der Waals surface area contributed by atoms with Gasteiger partial charge in [-0.2, -0.15) is 0 Å². The summed E-state index contributed by atoms with van der Waals surface area (Å²) in [5.74, 6) is -0.0657. The number of rotatable bonds is 5. The predicted molar refractivity (Wildman–Crippen MR) is 80.7 cm³/mol. The summed E-state index contributed by atoms with van der Waals surface area (Å²) >= 11 is 1.79. The number of nitrogens with two attached hydrogens (primary N) is 1. The van der Waals surface area contributed by atoms with Gasteiger partial charge < -0.3 is 11.1 Å². The number of thioether (sulfide) groups is 1. The molecule has 1 aromatic rings. The van der Waals surface area contributed by atoms with Crippen LogP contribution in [0.1, 0.15) is 31.1 Å². The molecule has 3 N–H and O–H groups in total. The summed E-state index contributed by atoms with van der Waals surface area (Å²) in [4.78, 5) is 13.0. The van der Waals surface area contributed by atoms with Crippen molar-refractivity contribution in [3.63, 3.8) is 0 Å². The van der Waals surface area contributed by atoms with Gasteiger partial charge in [0.2, 0.25) is 0 Å². The molecule has 0 aliphatic rings. The first kappa shape index (κ1) is 17.3. The maximum absolute atomic E-state index is 11.8. The third-order valence-electron chi connectivity index (χ3n) is 2.22. The van der Waals surface area contributed by atoms with E-state index in [1.165, 1.54) is 4.90 Å². The Labute approximate surface area is 119 Å². The fourth-order valence-corrected chi connectivity index (χ4v) is 2.16. The largest absolute Gasteiger partial charge is 0.348 e. The van der Waals surface area contributed by atoms with E-state index in [0.29, 0.717) is 17.4 Å². The average molecular weight is 289 g/mol. The Balaban J connectivity index is 0.00000289. The Morgan fingerprint density at radius 3 is 2.28 bits per heavy atom. The molecule has 18 heavy (non-hydrogen) atoms. The van der Waals surface area contributed by atoms with Crippen LogP contribution in [0.15, 0.2) is 29.2 Å². The van der Waals surface area contributed by atoms with Crippen LogP contribution in [0.3, 0.4) is 0 Å². The fraction of sp³-hybridized carbons (Fsp3) is 0.462. The lowest BCUT2D eigenvalue weighted by molar-refractivity contribution is 0.0941. The van der Waals surface area contributed by atoms with Crippen LogP contribution in [0, 0.1) is 0 Å². The Kier molecular flexibility index (Phi) is 8.07. The summed E-state index contributed by atoms with van der Waals surface area (Å²) in [5.41, 5.74) is 6.14. The van der Waals surface area contributed by atoms with Gasteiger partial charge >= 0.3 is 0 Å². The predicted octanol–water partition coefficient (Wildman–Crippen LogP) is 2.69. The molecule has 0 aliphatic heterocycles.